The average Bonchev–Trinajstić information content (AvgIpc) is 3.14. The molecule has 2 aliphatic heterocycles. The van der Waals surface area contributed by atoms with Gasteiger partial charge in [0.2, 0.25) is 11.8 Å². The van der Waals surface area contributed by atoms with Gasteiger partial charge in [0.1, 0.15) is 12.6 Å². The van der Waals surface area contributed by atoms with Gasteiger partial charge in [0.15, 0.2) is 0 Å². The summed E-state index contributed by atoms with van der Waals surface area (Å²) in [4.78, 5) is 29.0. The number of amides is 2. The van der Waals surface area contributed by atoms with Crippen molar-refractivity contribution in [1.29, 1.82) is 0 Å². The van der Waals surface area contributed by atoms with E-state index in [2.05, 4.69) is 10.9 Å². The van der Waals surface area contributed by atoms with Crippen molar-refractivity contribution in [3.8, 4) is 11.1 Å². The minimum absolute atomic E-state index is 0.00352. The standard InChI is InChI=1S/C21H24N4O2/c1-15-13-18(23-22-15)21(27)24-11-12-25(20(26)14-24)19-10-6-5-9-17(19)16-7-3-2-4-8-16/h2-10,15,18,22-23H,11-14H2,1H3. The van der Waals surface area contributed by atoms with E-state index in [4.69, 9.17) is 0 Å². The van der Waals surface area contributed by atoms with Gasteiger partial charge in [0.25, 0.3) is 0 Å². The van der Waals surface area contributed by atoms with Gasteiger partial charge < -0.3 is 9.80 Å². The van der Waals surface area contributed by atoms with Crippen molar-refractivity contribution in [2.24, 2.45) is 0 Å². The van der Waals surface area contributed by atoms with Crippen molar-refractivity contribution < 1.29 is 9.59 Å². The van der Waals surface area contributed by atoms with E-state index in [0.717, 1.165) is 23.2 Å². The van der Waals surface area contributed by atoms with Gasteiger partial charge in [-0.1, -0.05) is 48.5 Å². The summed E-state index contributed by atoms with van der Waals surface area (Å²) < 4.78 is 0. The number of piperazine rings is 1. The fourth-order valence-corrected chi connectivity index (χ4v) is 3.78. The molecule has 140 valence electrons. The predicted octanol–water partition coefficient (Wildman–Crippen LogP) is 1.78. The number of nitrogens with zero attached hydrogens (tertiary/aromatic N) is 2. The molecule has 0 radical (unpaired) electrons. The van der Waals surface area contributed by atoms with Crippen LogP contribution in [0, 0.1) is 0 Å². The Balaban J connectivity index is 1.51. The van der Waals surface area contributed by atoms with E-state index in [1.165, 1.54) is 0 Å². The molecule has 0 aliphatic carbocycles. The van der Waals surface area contributed by atoms with Crippen LogP contribution >= 0.6 is 0 Å². The third kappa shape index (κ3) is 3.59. The molecule has 2 aromatic rings. The van der Waals surface area contributed by atoms with Crippen molar-refractivity contribution in [2.75, 3.05) is 24.5 Å². The van der Waals surface area contributed by atoms with Crippen molar-refractivity contribution >= 4 is 17.5 Å². The van der Waals surface area contributed by atoms with Gasteiger partial charge in [0, 0.05) is 24.7 Å². The molecule has 2 aromatic carbocycles. The van der Waals surface area contributed by atoms with Gasteiger partial charge in [0.05, 0.1) is 5.69 Å². The minimum atomic E-state index is -0.254. The van der Waals surface area contributed by atoms with Gasteiger partial charge in [-0.25, -0.2) is 5.43 Å². The fourth-order valence-electron chi connectivity index (χ4n) is 3.78. The number of hydrazine groups is 1. The average molecular weight is 364 g/mol. The smallest absolute Gasteiger partial charge is 0.246 e. The zero-order valence-corrected chi connectivity index (χ0v) is 15.4. The number of anilines is 1. The van der Waals surface area contributed by atoms with Crippen LogP contribution in [0.4, 0.5) is 5.69 Å². The second-order valence-electron chi connectivity index (χ2n) is 7.17. The van der Waals surface area contributed by atoms with E-state index in [0.29, 0.717) is 13.1 Å². The van der Waals surface area contributed by atoms with Crippen molar-refractivity contribution in [2.45, 2.75) is 25.4 Å². The first-order chi connectivity index (χ1) is 13.1. The highest BCUT2D eigenvalue weighted by atomic mass is 16.2. The Morgan fingerprint density at radius 1 is 1.00 bits per heavy atom. The Bertz CT molecular complexity index is 839. The van der Waals surface area contributed by atoms with Crippen LogP contribution in [0.5, 0.6) is 0 Å². The first kappa shape index (κ1) is 17.7. The molecule has 6 heteroatoms. The zero-order valence-electron chi connectivity index (χ0n) is 15.4. The van der Waals surface area contributed by atoms with Gasteiger partial charge in [-0.05, 0) is 25.0 Å². The summed E-state index contributed by atoms with van der Waals surface area (Å²) in [6.45, 7) is 3.20. The molecule has 2 aliphatic rings. The molecule has 4 rings (SSSR count). The van der Waals surface area contributed by atoms with Crippen molar-refractivity contribution in [3.05, 3.63) is 54.6 Å². The van der Waals surface area contributed by atoms with E-state index in [-0.39, 0.29) is 30.4 Å². The SMILES string of the molecule is CC1CC(C(=O)N2CCN(c3ccccc3-c3ccccc3)C(=O)C2)NN1. The van der Waals surface area contributed by atoms with Crippen LogP contribution in [0.1, 0.15) is 13.3 Å². The maximum atomic E-state index is 12.9. The molecular weight excluding hydrogens is 340 g/mol. The predicted molar refractivity (Wildman–Crippen MR) is 105 cm³/mol. The van der Waals surface area contributed by atoms with Gasteiger partial charge in [-0.15, -0.1) is 0 Å². The third-order valence-electron chi connectivity index (χ3n) is 5.20. The Morgan fingerprint density at radius 2 is 1.74 bits per heavy atom. The molecule has 2 unspecified atom stereocenters. The maximum absolute atomic E-state index is 12.9. The summed E-state index contributed by atoms with van der Waals surface area (Å²) in [6, 6.07) is 18.0. The topological polar surface area (TPSA) is 64.7 Å². The van der Waals surface area contributed by atoms with Crippen molar-refractivity contribution in [3.63, 3.8) is 0 Å². The number of hydrogen-bond acceptors (Lipinski definition) is 4. The summed E-state index contributed by atoms with van der Waals surface area (Å²) in [5.41, 5.74) is 9.10. The maximum Gasteiger partial charge on any atom is 0.246 e. The lowest BCUT2D eigenvalue weighted by molar-refractivity contribution is -0.138. The minimum Gasteiger partial charge on any atom is -0.330 e. The molecule has 2 N–H and O–H groups in total. The lowest BCUT2D eigenvalue weighted by atomic mass is 10.0. The number of hydrogen-bond donors (Lipinski definition) is 2. The molecule has 0 spiro atoms. The van der Waals surface area contributed by atoms with Gasteiger partial charge >= 0.3 is 0 Å². The van der Waals surface area contributed by atoms with Crippen LogP contribution in [0.15, 0.2) is 54.6 Å². The molecule has 6 nitrogen and oxygen atoms in total. The highest BCUT2D eigenvalue weighted by molar-refractivity contribution is 6.01. The zero-order chi connectivity index (χ0) is 18.8. The summed E-state index contributed by atoms with van der Waals surface area (Å²) in [5, 5.41) is 0. The summed E-state index contributed by atoms with van der Waals surface area (Å²) in [5.74, 6) is -0.0480. The molecule has 0 saturated carbocycles. The van der Waals surface area contributed by atoms with Crippen LogP contribution in [-0.2, 0) is 9.59 Å². The molecule has 0 aromatic heterocycles. The second kappa shape index (κ2) is 7.50. The van der Waals surface area contributed by atoms with Gasteiger partial charge in [-0.2, -0.15) is 0 Å². The second-order valence-corrected chi connectivity index (χ2v) is 7.17. The van der Waals surface area contributed by atoms with E-state index in [9.17, 15) is 9.59 Å². The number of carbonyl (C=O) groups is 2. The molecule has 2 heterocycles. The quantitative estimate of drug-likeness (QED) is 0.872. The number of para-hydroxylation sites is 1. The van der Waals surface area contributed by atoms with Gasteiger partial charge in [-0.3, -0.25) is 15.0 Å². The number of benzene rings is 2. The van der Waals surface area contributed by atoms with E-state index in [1.807, 2.05) is 61.5 Å². The van der Waals surface area contributed by atoms with Crippen LogP contribution in [0.2, 0.25) is 0 Å². The first-order valence-corrected chi connectivity index (χ1v) is 9.38. The highest BCUT2D eigenvalue weighted by Crippen LogP contribution is 2.31. The van der Waals surface area contributed by atoms with Crippen LogP contribution in [0.25, 0.3) is 11.1 Å². The molecule has 2 saturated heterocycles. The lowest BCUT2D eigenvalue weighted by Crippen LogP contribution is -2.56. The molecule has 0 bridgehead atoms. The van der Waals surface area contributed by atoms with E-state index in [1.54, 1.807) is 9.80 Å². The Morgan fingerprint density at radius 3 is 2.44 bits per heavy atom. The molecule has 2 amide bonds. The largest absolute Gasteiger partial charge is 0.330 e. The Kier molecular flexibility index (Phi) is 4.92. The Hall–Kier alpha value is -2.70. The Labute approximate surface area is 159 Å². The molecule has 2 atom stereocenters. The number of nitrogens with one attached hydrogen (secondary N) is 2. The summed E-state index contributed by atoms with van der Waals surface area (Å²) >= 11 is 0. The summed E-state index contributed by atoms with van der Waals surface area (Å²) in [6.07, 6.45) is 0.740. The van der Waals surface area contributed by atoms with Crippen LogP contribution in [-0.4, -0.2) is 48.4 Å². The van der Waals surface area contributed by atoms with E-state index >= 15 is 0 Å². The first-order valence-electron chi connectivity index (χ1n) is 9.38. The third-order valence-corrected chi connectivity index (χ3v) is 5.20. The van der Waals surface area contributed by atoms with Crippen LogP contribution < -0.4 is 15.8 Å². The molecule has 27 heavy (non-hydrogen) atoms. The van der Waals surface area contributed by atoms with Crippen molar-refractivity contribution in [1.82, 2.24) is 15.8 Å². The van der Waals surface area contributed by atoms with E-state index < -0.39 is 0 Å². The highest BCUT2D eigenvalue weighted by Gasteiger charge is 2.35. The molecule has 2 fully saturated rings. The fraction of sp³-hybridized carbons (Fsp3) is 0.333. The lowest BCUT2D eigenvalue weighted by Gasteiger charge is -2.36. The number of rotatable bonds is 3. The van der Waals surface area contributed by atoms with Crippen LogP contribution in [0.3, 0.4) is 0 Å². The monoisotopic (exact) mass is 364 g/mol. The number of carbonyl (C=O) groups excluding carboxylic acids is 2. The normalized spacial score (nSPS) is 22.9. The molecular formula is C21H24N4O2. The summed E-state index contributed by atoms with van der Waals surface area (Å²) in [7, 11) is 0.